The summed E-state index contributed by atoms with van der Waals surface area (Å²) in [5, 5.41) is 16.1. The van der Waals surface area contributed by atoms with Crippen molar-refractivity contribution in [3.05, 3.63) is 58.4 Å². The van der Waals surface area contributed by atoms with E-state index < -0.39 is 4.92 Å². The third kappa shape index (κ3) is 2.89. The number of nitro benzene ring substituents is 1. The molecule has 1 aromatic carbocycles. The van der Waals surface area contributed by atoms with Gasteiger partial charge in [-0.2, -0.15) is 0 Å². The molecule has 0 radical (unpaired) electrons. The number of nitro groups is 1. The molecule has 0 aliphatic carbocycles. The molecule has 7 heteroatoms. The Morgan fingerprint density at radius 1 is 1.25 bits per heavy atom. The predicted octanol–water partition coefficient (Wildman–Crippen LogP) is 2.28. The van der Waals surface area contributed by atoms with Gasteiger partial charge < -0.3 is 10.6 Å². The van der Waals surface area contributed by atoms with Gasteiger partial charge in [-0.3, -0.25) is 19.9 Å². The minimum atomic E-state index is -0.494. The average molecular weight is 272 g/mol. The number of aromatic nitrogens is 1. The third-order valence-electron chi connectivity index (χ3n) is 2.67. The highest BCUT2D eigenvalue weighted by Gasteiger charge is 2.11. The Morgan fingerprint density at radius 3 is 2.55 bits per heavy atom. The van der Waals surface area contributed by atoms with Gasteiger partial charge in [-0.05, 0) is 18.2 Å². The molecule has 7 nitrogen and oxygen atoms in total. The number of nitrogens with one attached hydrogen (secondary N) is 2. The molecule has 2 rings (SSSR count). The Kier molecular flexibility index (Phi) is 3.90. The van der Waals surface area contributed by atoms with Gasteiger partial charge in [0, 0.05) is 42.9 Å². The molecule has 2 aromatic rings. The topological polar surface area (TPSA) is 97.2 Å². The van der Waals surface area contributed by atoms with E-state index in [9.17, 15) is 14.9 Å². The second kappa shape index (κ2) is 5.79. The quantitative estimate of drug-likeness (QED) is 0.657. The lowest BCUT2D eigenvalue weighted by Gasteiger charge is -2.08. The van der Waals surface area contributed by atoms with Crippen LogP contribution < -0.4 is 10.6 Å². The van der Waals surface area contributed by atoms with E-state index >= 15 is 0 Å². The van der Waals surface area contributed by atoms with Gasteiger partial charge >= 0.3 is 0 Å². The van der Waals surface area contributed by atoms with Crippen LogP contribution in [0.3, 0.4) is 0 Å². The molecule has 1 heterocycles. The number of hydrogen-bond acceptors (Lipinski definition) is 5. The molecule has 0 aliphatic rings. The maximum Gasteiger partial charge on any atom is 0.269 e. The van der Waals surface area contributed by atoms with E-state index in [2.05, 4.69) is 15.6 Å². The Morgan fingerprint density at radius 2 is 1.95 bits per heavy atom. The summed E-state index contributed by atoms with van der Waals surface area (Å²) < 4.78 is 0. The van der Waals surface area contributed by atoms with Crippen LogP contribution in [0.1, 0.15) is 10.4 Å². The molecule has 0 aliphatic heterocycles. The first-order chi connectivity index (χ1) is 9.61. The second-order valence-electron chi connectivity index (χ2n) is 3.93. The van der Waals surface area contributed by atoms with Crippen LogP contribution in [-0.4, -0.2) is 22.9 Å². The third-order valence-corrected chi connectivity index (χ3v) is 2.67. The molecule has 0 atom stereocenters. The molecule has 20 heavy (non-hydrogen) atoms. The average Bonchev–Trinajstić information content (AvgIpc) is 2.47. The smallest absolute Gasteiger partial charge is 0.269 e. The van der Waals surface area contributed by atoms with Crippen molar-refractivity contribution in [3.8, 4) is 0 Å². The van der Waals surface area contributed by atoms with Crippen LogP contribution in [0, 0.1) is 10.1 Å². The van der Waals surface area contributed by atoms with E-state index in [1.165, 1.54) is 30.5 Å². The fourth-order valence-electron chi connectivity index (χ4n) is 1.66. The zero-order valence-corrected chi connectivity index (χ0v) is 10.7. The summed E-state index contributed by atoms with van der Waals surface area (Å²) >= 11 is 0. The maximum atomic E-state index is 12.1. The summed E-state index contributed by atoms with van der Waals surface area (Å²) in [5.41, 5.74) is 1.50. The summed E-state index contributed by atoms with van der Waals surface area (Å²) in [4.78, 5) is 26.0. The summed E-state index contributed by atoms with van der Waals surface area (Å²) in [6, 6.07) is 7.30. The molecule has 1 amide bonds. The van der Waals surface area contributed by atoms with Gasteiger partial charge in [-0.15, -0.1) is 0 Å². The number of anilines is 2. The summed E-state index contributed by atoms with van der Waals surface area (Å²) in [6.45, 7) is 0. The van der Waals surface area contributed by atoms with Crippen molar-refractivity contribution >= 4 is 23.0 Å². The Bertz CT molecular complexity index is 640. The monoisotopic (exact) mass is 272 g/mol. The van der Waals surface area contributed by atoms with Crippen LogP contribution in [0.2, 0.25) is 0 Å². The molecule has 2 N–H and O–H groups in total. The number of carbonyl (C=O) groups is 1. The van der Waals surface area contributed by atoms with E-state index in [1.54, 1.807) is 19.3 Å². The first-order valence-corrected chi connectivity index (χ1v) is 5.79. The maximum absolute atomic E-state index is 12.1. The fourth-order valence-corrected chi connectivity index (χ4v) is 1.66. The van der Waals surface area contributed by atoms with E-state index in [0.29, 0.717) is 16.9 Å². The summed E-state index contributed by atoms with van der Waals surface area (Å²) in [5.74, 6) is -0.337. The first-order valence-electron chi connectivity index (χ1n) is 5.79. The molecule has 0 saturated carbocycles. The zero-order chi connectivity index (χ0) is 14.5. The minimum Gasteiger partial charge on any atom is -0.387 e. The second-order valence-corrected chi connectivity index (χ2v) is 3.93. The largest absolute Gasteiger partial charge is 0.387 e. The number of carbonyl (C=O) groups excluding carboxylic acids is 1. The number of pyridine rings is 1. The number of nitrogens with zero attached hydrogens (tertiary/aromatic N) is 2. The number of benzene rings is 1. The van der Waals surface area contributed by atoms with Crippen LogP contribution in [0.5, 0.6) is 0 Å². The molecule has 0 unspecified atom stereocenters. The van der Waals surface area contributed by atoms with Gasteiger partial charge in [0.2, 0.25) is 0 Å². The van der Waals surface area contributed by atoms with Crippen molar-refractivity contribution in [3.63, 3.8) is 0 Å². The van der Waals surface area contributed by atoms with Gasteiger partial charge in [-0.25, -0.2) is 0 Å². The molecule has 1 aromatic heterocycles. The van der Waals surface area contributed by atoms with Crippen molar-refractivity contribution in [2.45, 2.75) is 0 Å². The Balaban J connectivity index is 2.17. The SMILES string of the molecule is CNc1ccncc1C(=O)Nc1ccc([N+](=O)[O-])cc1. The number of amides is 1. The lowest BCUT2D eigenvalue weighted by atomic mass is 10.2. The zero-order valence-electron chi connectivity index (χ0n) is 10.7. The fraction of sp³-hybridized carbons (Fsp3) is 0.0769. The van der Waals surface area contributed by atoms with Crippen molar-refractivity contribution in [2.24, 2.45) is 0 Å². The predicted molar refractivity (Wildman–Crippen MR) is 74.8 cm³/mol. The lowest BCUT2D eigenvalue weighted by molar-refractivity contribution is -0.384. The molecular formula is C13H12N4O3. The number of non-ortho nitro benzene ring substituents is 1. The van der Waals surface area contributed by atoms with Crippen LogP contribution >= 0.6 is 0 Å². The standard InChI is InChI=1S/C13H12N4O3/c1-14-12-6-7-15-8-11(12)13(18)16-9-2-4-10(5-3-9)17(19)20/h2-8H,1H3,(H,14,15)(H,16,18). The molecule has 0 spiro atoms. The molecule has 0 bridgehead atoms. The van der Waals surface area contributed by atoms with Gasteiger partial charge in [0.25, 0.3) is 11.6 Å². The van der Waals surface area contributed by atoms with Crippen molar-refractivity contribution < 1.29 is 9.72 Å². The van der Waals surface area contributed by atoms with Crippen LogP contribution in [0.4, 0.5) is 17.1 Å². The van der Waals surface area contributed by atoms with Crippen molar-refractivity contribution in [2.75, 3.05) is 17.7 Å². The minimum absolute atomic E-state index is 0.0275. The molecule has 102 valence electrons. The van der Waals surface area contributed by atoms with E-state index in [0.717, 1.165) is 0 Å². The lowest BCUT2D eigenvalue weighted by Crippen LogP contribution is -2.14. The Labute approximate surface area is 114 Å². The van der Waals surface area contributed by atoms with E-state index in [-0.39, 0.29) is 11.6 Å². The number of hydrogen-bond donors (Lipinski definition) is 2. The summed E-state index contributed by atoms with van der Waals surface area (Å²) in [6.07, 6.45) is 3.03. The van der Waals surface area contributed by atoms with Gasteiger partial charge in [-0.1, -0.05) is 0 Å². The molecular weight excluding hydrogens is 260 g/mol. The number of rotatable bonds is 4. The van der Waals surface area contributed by atoms with E-state index in [4.69, 9.17) is 0 Å². The Hall–Kier alpha value is -2.96. The van der Waals surface area contributed by atoms with E-state index in [1.807, 2.05) is 0 Å². The van der Waals surface area contributed by atoms with Crippen molar-refractivity contribution in [1.82, 2.24) is 4.98 Å². The normalized spacial score (nSPS) is 9.85. The first kappa shape index (κ1) is 13.5. The van der Waals surface area contributed by atoms with Crippen LogP contribution in [0.25, 0.3) is 0 Å². The van der Waals surface area contributed by atoms with Gasteiger partial charge in [0.15, 0.2) is 0 Å². The van der Waals surface area contributed by atoms with Crippen LogP contribution in [0.15, 0.2) is 42.7 Å². The van der Waals surface area contributed by atoms with Gasteiger partial charge in [0.05, 0.1) is 10.5 Å². The highest BCUT2D eigenvalue weighted by molar-refractivity contribution is 6.07. The highest BCUT2D eigenvalue weighted by atomic mass is 16.6. The van der Waals surface area contributed by atoms with Crippen molar-refractivity contribution in [1.29, 1.82) is 0 Å². The molecule has 0 saturated heterocycles. The molecule has 0 fully saturated rings. The van der Waals surface area contributed by atoms with Gasteiger partial charge in [0.1, 0.15) is 0 Å². The summed E-state index contributed by atoms with van der Waals surface area (Å²) in [7, 11) is 1.71. The van der Waals surface area contributed by atoms with Crippen LogP contribution in [-0.2, 0) is 0 Å². The highest BCUT2D eigenvalue weighted by Crippen LogP contribution is 2.18.